The van der Waals surface area contributed by atoms with Gasteiger partial charge in [-0.1, -0.05) is 64.7 Å². The number of guanidine groups is 1. The Balaban J connectivity index is -0.00000200. The van der Waals surface area contributed by atoms with Gasteiger partial charge in [-0.05, 0) is 6.42 Å². The minimum Gasteiger partial charge on any atom is -1.00 e. The fourth-order valence-corrected chi connectivity index (χ4v) is 2.10. The second-order valence-electron chi connectivity index (χ2n) is 5.64. The maximum absolute atomic E-state index is 11.4. The summed E-state index contributed by atoms with van der Waals surface area (Å²) in [5.41, 5.74) is 5.25. The maximum atomic E-state index is 11.4. The van der Waals surface area contributed by atoms with E-state index in [-0.39, 0.29) is 49.5 Å². The SMILES string of the molecule is CCCCCCCCCCCCOC(=O)CN(C)C(=N)N.[H-].[Na+]. The third kappa shape index (κ3) is 16.1. The zero-order chi connectivity index (χ0) is 15.9. The molecule has 0 aliphatic carbocycles. The van der Waals surface area contributed by atoms with Crippen LogP contribution >= 0.6 is 0 Å². The molecule has 0 aliphatic heterocycles. The van der Waals surface area contributed by atoms with Crippen molar-refractivity contribution in [2.75, 3.05) is 20.2 Å². The largest absolute Gasteiger partial charge is 1.00 e. The van der Waals surface area contributed by atoms with Crippen LogP contribution in [0.1, 0.15) is 72.6 Å². The topological polar surface area (TPSA) is 79.4 Å². The Morgan fingerprint density at radius 3 is 1.95 bits per heavy atom. The second-order valence-corrected chi connectivity index (χ2v) is 5.64. The molecule has 0 heterocycles. The molecule has 0 saturated heterocycles. The predicted molar refractivity (Wildman–Crippen MR) is 88.5 cm³/mol. The van der Waals surface area contributed by atoms with Gasteiger partial charge < -0.3 is 16.8 Å². The van der Waals surface area contributed by atoms with Crippen LogP contribution in [-0.4, -0.2) is 37.0 Å². The molecule has 22 heavy (non-hydrogen) atoms. The number of ether oxygens (including phenoxy) is 1. The molecule has 0 saturated carbocycles. The quantitative estimate of drug-likeness (QED) is 0.169. The van der Waals surface area contributed by atoms with Gasteiger partial charge in [-0.15, -0.1) is 0 Å². The number of likely N-dealkylation sites (N-methyl/N-ethyl adjacent to an activating group) is 1. The van der Waals surface area contributed by atoms with Gasteiger partial charge in [0.2, 0.25) is 0 Å². The molecule has 0 aromatic heterocycles. The number of carbonyl (C=O) groups is 1. The van der Waals surface area contributed by atoms with E-state index in [2.05, 4.69) is 6.92 Å². The zero-order valence-corrected chi connectivity index (χ0v) is 16.8. The van der Waals surface area contributed by atoms with Gasteiger partial charge in [0.15, 0.2) is 5.96 Å². The first-order valence-corrected chi connectivity index (χ1v) is 8.28. The summed E-state index contributed by atoms with van der Waals surface area (Å²) in [6.07, 6.45) is 12.6. The number of rotatable bonds is 13. The van der Waals surface area contributed by atoms with E-state index in [1.165, 1.54) is 56.3 Å². The summed E-state index contributed by atoms with van der Waals surface area (Å²) in [4.78, 5) is 12.8. The molecule has 0 atom stereocenters. The van der Waals surface area contributed by atoms with E-state index in [1.807, 2.05) is 0 Å². The van der Waals surface area contributed by atoms with Gasteiger partial charge in [0.05, 0.1) is 6.61 Å². The molecule has 3 N–H and O–H groups in total. The van der Waals surface area contributed by atoms with Gasteiger partial charge in [-0.3, -0.25) is 10.2 Å². The Morgan fingerprint density at radius 1 is 1.05 bits per heavy atom. The summed E-state index contributed by atoms with van der Waals surface area (Å²) in [5.74, 6) is -0.436. The van der Waals surface area contributed by atoms with Crippen molar-refractivity contribution in [1.29, 1.82) is 5.41 Å². The third-order valence-corrected chi connectivity index (χ3v) is 3.54. The molecule has 5 nitrogen and oxygen atoms in total. The Kier molecular flexibility index (Phi) is 18.7. The van der Waals surface area contributed by atoms with Crippen molar-refractivity contribution >= 4 is 11.9 Å². The number of nitrogens with two attached hydrogens (primary N) is 1. The van der Waals surface area contributed by atoms with Crippen LogP contribution in [0.2, 0.25) is 0 Å². The Hall–Kier alpha value is -0.260. The number of hydrogen-bond acceptors (Lipinski definition) is 3. The monoisotopic (exact) mass is 323 g/mol. The van der Waals surface area contributed by atoms with E-state index in [9.17, 15) is 4.79 Å². The molecule has 0 rings (SSSR count). The predicted octanol–water partition coefficient (Wildman–Crippen LogP) is 0.392. The van der Waals surface area contributed by atoms with E-state index >= 15 is 0 Å². The number of nitrogens with one attached hydrogen (secondary N) is 1. The summed E-state index contributed by atoms with van der Waals surface area (Å²) >= 11 is 0. The number of unbranched alkanes of at least 4 members (excludes halogenated alkanes) is 9. The van der Waals surface area contributed by atoms with E-state index in [1.54, 1.807) is 7.05 Å². The molecule has 6 heteroatoms. The second kappa shape index (κ2) is 17.1. The summed E-state index contributed by atoms with van der Waals surface area (Å²) in [5, 5.41) is 7.15. The molecule has 0 spiro atoms. The van der Waals surface area contributed by atoms with Crippen LogP contribution in [-0.2, 0) is 9.53 Å². The van der Waals surface area contributed by atoms with Crippen molar-refractivity contribution in [3.05, 3.63) is 0 Å². The number of hydrogen-bond donors (Lipinski definition) is 2. The minimum absolute atomic E-state index is 0. The standard InChI is InChI=1S/C16H33N3O2.Na.H/c1-3-4-5-6-7-8-9-10-11-12-13-21-15(20)14-19(2)16(17)18;;/h3-14H2,1-2H3,(H3,17,18);;/q;+1;-1. The van der Waals surface area contributed by atoms with Crippen LogP contribution in [0.4, 0.5) is 0 Å². The first-order chi connectivity index (χ1) is 10.1. The van der Waals surface area contributed by atoms with Gasteiger partial charge in [-0.25, -0.2) is 0 Å². The molecule has 0 bridgehead atoms. The van der Waals surface area contributed by atoms with Crippen molar-refractivity contribution < 1.29 is 40.5 Å². The Bertz CT molecular complexity index is 294. The third-order valence-electron chi connectivity index (χ3n) is 3.54. The summed E-state index contributed by atoms with van der Waals surface area (Å²) in [7, 11) is 1.60. The molecule has 126 valence electrons. The fraction of sp³-hybridized carbons (Fsp3) is 0.875. The van der Waals surface area contributed by atoms with E-state index < -0.39 is 0 Å². The van der Waals surface area contributed by atoms with Crippen LogP contribution in [0.25, 0.3) is 0 Å². The first-order valence-electron chi connectivity index (χ1n) is 8.28. The normalized spacial score (nSPS) is 9.91. The van der Waals surface area contributed by atoms with Crippen molar-refractivity contribution in [1.82, 2.24) is 4.90 Å². The van der Waals surface area contributed by atoms with Gasteiger partial charge in [0.1, 0.15) is 6.54 Å². The molecule has 0 fully saturated rings. The molecular weight excluding hydrogens is 289 g/mol. The minimum atomic E-state index is -0.316. The van der Waals surface area contributed by atoms with Crippen molar-refractivity contribution in [3.8, 4) is 0 Å². The van der Waals surface area contributed by atoms with E-state index in [4.69, 9.17) is 15.9 Å². The maximum Gasteiger partial charge on any atom is 1.00 e. The average Bonchev–Trinajstić information content (AvgIpc) is 2.44. The van der Waals surface area contributed by atoms with Crippen molar-refractivity contribution in [3.63, 3.8) is 0 Å². The van der Waals surface area contributed by atoms with Crippen LogP contribution in [0, 0.1) is 5.41 Å². The van der Waals surface area contributed by atoms with Crippen LogP contribution in [0.3, 0.4) is 0 Å². The Morgan fingerprint density at radius 2 is 1.50 bits per heavy atom. The van der Waals surface area contributed by atoms with E-state index in [0.717, 1.165) is 12.8 Å². The molecule has 0 unspecified atom stereocenters. The summed E-state index contributed by atoms with van der Waals surface area (Å²) in [6.45, 7) is 2.76. The van der Waals surface area contributed by atoms with Crippen molar-refractivity contribution in [2.45, 2.75) is 71.1 Å². The first kappa shape index (κ1) is 24.0. The average molecular weight is 323 g/mol. The molecule has 0 aliphatic rings. The number of carbonyl (C=O) groups excluding carboxylic acids is 1. The number of nitrogens with zero attached hydrogens (tertiary/aromatic N) is 1. The molecule has 0 amide bonds. The van der Waals surface area contributed by atoms with Crippen LogP contribution < -0.4 is 35.3 Å². The smallest absolute Gasteiger partial charge is 1.00 e. The van der Waals surface area contributed by atoms with Crippen molar-refractivity contribution in [2.24, 2.45) is 5.73 Å². The molecule has 0 aromatic rings. The Labute approximate surface area is 159 Å². The van der Waals surface area contributed by atoms with Gasteiger partial charge in [-0.2, -0.15) is 0 Å². The zero-order valence-electron chi connectivity index (χ0n) is 15.8. The molecule has 0 radical (unpaired) electrons. The molecular formula is C16H34N3NaO2. The van der Waals surface area contributed by atoms with Crippen LogP contribution in [0.5, 0.6) is 0 Å². The molecule has 0 aromatic carbocycles. The van der Waals surface area contributed by atoms with Gasteiger partial charge >= 0.3 is 35.5 Å². The number of esters is 1. The fourth-order valence-electron chi connectivity index (χ4n) is 2.10. The van der Waals surface area contributed by atoms with Gasteiger partial charge in [0, 0.05) is 7.05 Å². The van der Waals surface area contributed by atoms with Gasteiger partial charge in [0.25, 0.3) is 0 Å². The van der Waals surface area contributed by atoms with Crippen LogP contribution in [0.15, 0.2) is 0 Å². The summed E-state index contributed by atoms with van der Waals surface area (Å²) < 4.78 is 5.10. The van der Waals surface area contributed by atoms with E-state index in [0.29, 0.717) is 6.61 Å². The summed E-state index contributed by atoms with van der Waals surface area (Å²) in [6, 6.07) is 0.